The number of aromatic nitrogens is 4. The second-order valence-corrected chi connectivity index (χ2v) is 8.41. The molecule has 3 aromatic rings. The van der Waals surface area contributed by atoms with Gasteiger partial charge in [-0.1, -0.05) is 0 Å². The molecule has 0 saturated carbocycles. The quantitative estimate of drug-likeness (QED) is 0.529. The molecule has 1 N–H and O–H groups in total. The van der Waals surface area contributed by atoms with E-state index < -0.39 is 29.6 Å². The van der Waals surface area contributed by atoms with Crippen molar-refractivity contribution in [3.63, 3.8) is 0 Å². The number of ether oxygens (including phenoxy) is 2. The highest BCUT2D eigenvalue weighted by Gasteiger charge is 2.35. The van der Waals surface area contributed by atoms with Crippen LogP contribution in [0.1, 0.15) is 27.7 Å². The topological polar surface area (TPSA) is 94.4 Å². The number of nitrogens with zero attached hydrogens (tertiary/aromatic N) is 5. The van der Waals surface area contributed by atoms with E-state index in [1.807, 2.05) is 4.90 Å². The van der Waals surface area contributed by atoms with Crippen molar-refractivity contribution < 1.29 is 31.8 Å². The minimum absolute atomic E-state index is 0.0677. The average Bonchev–Trinajstić information content (AvgIpc) is 3.12. The summed E-state index contributed by atoms with van der Waals surface area (Å²) in [6.45, 7) is 1.53. The highest BCUT2D eigenvalue weighted by molar-refractivity contribution is 6.06. The zero-order valence-electron chi connectivity index (χ0n) is 18.4. The van der Waals surface area contributed by atoms with E-state index in [4.69, 9.17) is 9.47 Å². The van der Waals surface area contributed by atoms with Crippen molar-refractivity contribution in [2.45, 2.75) is 18.2 Å². The fraction of sp³-hybridized carbons (Fsp3) is 0.364. The first-order valence-electron chi connectivity index (χ1n) is 10.7. The van der Waals surface area contributed by atoms with Crippen molar-refractivity contribution in [2.24, 2.45) is 7.05 Å². The lowest BCUT2D eigenvalue weighted by Gasteiger charge is -2.41. The van der Waals surface area contributed by atoms with Gasteiger partial charge in [0.15, 0.2) is 5.69 Å². The number of benzene rings is 1. The number of aryl methyl sites for hydroxylation is 1. The summed E-state index contributed by atoms with van der Waals surface area (Å²) in [5.74, 6) is -1.66. The summed E-state index contributed by atoms with van der Waals surface area (Å²) >= 11 is 0. The third-order valence-corrected chi connectivity index (χ3v) is 5.72. The lowest BCUT2D eigenvalue weighted by atomic mass is 10.0. The number of alkyl halides is 3. The van der Waals surface area contributed by atoms with E-state index in [1.165, 1.54) is 10.9 Å². The molecule has 2 saturated heterocycles. The molecule has 5 rings (SSSR count). The molecule has 2 aliphatic rings. The van der Waals surface area contributed by atoms with Crippen molar-refractivity contribution in [1.29, 1.82) is 0 Å². The van der Waals surface area contributed by atoms with Crippen LogP contribution in [0.15, 0.2) is 36.7 Å². The van der Waals surface area contributed by atoms with E-state index in [9.17, 15) is 22.4 Å². The standard InChI is InChI=1S/C22H20F4N6O3/c1-31-7-15(6-27-31)28-21(33)20-19(5-18(29-30-20)12-10-34-11-12)32-8-17(9-32)35-16-3-13(22(24,25)26)2-14(23)4-16/h2-7,12,17H,8-11H2,1H3,(H,28,33). The van der Waals surface area contributed by atoms with Crippen molar-refractivity contribution in [3.8, 4) is 5.75 Å². The first-order chi connectivity index (χ1) is 16.7. The molecule has 4 heterocycles. The third-order valence-electron chi connectivity index (χ3n) is 5.72. The molecule has 0 atom stereocenters. The van der Waals surface area contributed by atoms with E-state index in [2.05, 4.69) is 20.6 Å². The lowest BCUT2D eigenvalue weighted by Crippen LogP contribution is -2.54. The van der Waals surface area contributed by atoms with Gasteiger partial charge in [-0.25, -0.2) is 4.39 Å². The van der Waals surface area contributed by atoms with Crippen LogP contribution in [-0.2, 0) is 18.0 Å². The van der Waals surface area contributed by atoms with Gasteiger partial charge in [-0.15, -0.1) is 5.10 Å². The van der Waals surface area contributed by atoms with Crippen molar-refractivity contribution in [1.82, 2.24) is 20.0 Å². The van der Waals surface area contributed by atoms with Crippen molar-refractivity contribution >= 4 is 17.3 Å². The lowest BCUT2D eigenvalue weighted by molar-refractivity contribution is -0.137. The number of hydrogen-bond acceptors (Lipinski definition) is 7. The SMILES string of the molecule is Cn1cc(NC(=O)c2nnc(C3COC3)cc2N2CC(Oc3cc(F)cc(C(F)(F)F)c3)C2)cn1. The van der Waals surface area contributed by atoms with Gasteiger partial charge in [0, 0.05) is 19.3 Å². The van der Waals surface area contributed by atoms with Crippen molar-refractivity contribution in [2.75, 3.05) is 36.5 Å². The van der Waals surface area contributed by atoms with Gasteiger partial charge in [-0.3, -0.25) is 9.48 Å². The number of anilines is 2. The third kappa shape index (κ3) is 4.90. The summed E-state index contributed by atoms with van der Waals surface area (Å²) in [5.41, 5.74) is 0.634. The van der Waals surface area contributed by atoms with Crippen LogP contribution in [0.25, 0.3) is 0 Å². The van der Waals surface area contributed by atoms with Gasteiger partial charge < -0.3 is 19.7 Å². The van der Waals surface area contributed by atoms with Gasteiger partial charge in [0.2, 0.25) is 0 Å². The number of carbonyl (C=O) groups excluding carboxylic acids is 1. The largest absolute Gasteiger partial charge is 0.487 e. The summed E-state index contributed by atoms with van der Waals surface area (Å²) < 4.78 is 65.0. The number of carbonyl (C=O) groups is 1. The predicted molar refractivity (Wildman–Crippen MR) is 115 cm³/mol. The molecule has 0 spiro atoms. The number of halogens is 4. The summed E-state index contributed by atoms with van der Waals surface area (Å²) in [6, 6.07) is 3.86. The van der Waals surface area contributed by atoms with Crippen LogP contribution in [0.4, 0.5) is 28.9 Å². The fourth-order valence-electron chi connectivity index (χ4n) is 3.78. The van der Waals surface area contributed by atoms with E-state index in [-0.39, 0.29) is 30.5 Å². The molecule has 1 amide bonds. The Morgan fingerprint density at radius 3 is 2.57 bits per heavy atom. The van der Waals surface area contributed by atoms with E-state index in [0.29, 0.717) is 36.3 Å². The Morgan fingerprint density at radius 1 is 1.17 bits per heavy atom. The normalized spacial score (nSPS) is 16.5. The van der Waals surface area contributed by atoms with Gasteiger partial charge in [0.25, 0.3) is 5.91 Å². The average molecular weight is 492 g/mol. The van der Waals surface area contributed by atoms with E-state index >= 15 is 0 Å². The van der Waals surface area contributed by atoms with Gasteiger partial charge in [0.1, 0.15) is 17.7 Å². The Morgan fingerprint density at radius 2 is 1.94 bits per heavy atom. The molecule has 9 nitrogen and oxygen atoms in total. The van der Waals surface area contributed by atoms with Gasteiger partial charge in [0.05, 0.1) is 61.1 Å². The maximum Gasteiger partial charge on any atom is 0.416 e. The zero-order chi connectivity index (χ0) is 24.7. The number of nitrogens with one attached hydrogen (secondary N) is 1. The summed E-state index contributed by atoms with van der Waals surface area (Å²) in [6.07, 6.45) is -2.07. The molecule has 2 fully saturated rings. The van der Waals surface area contributed by atoms with Gasteiger partial charge >= 0.3 is 6.18 Å². The molecule has 184 valence electrons. The Balaban J connectivity index is 1.33. The van der Waals surface area contributed by atoms with Crippen LogP contribution < -0.4 is 15.0 Å². The van der Waals surface area contributed by atoms with Crippen LogP contribution in [0.2, 0.25) is 0 Å². The highest BCUT2D eigenvalue weighted by atomic mass is 19.4. The second kappa shape index (κ2) is 8.80. The van der Waals surface area contributed by atoms with Crippen LogP contribution >= 0.6 is 0 Å². The van der Waals surface area contributed by atoms with E-state index in [1.54, 1.807) is 19.3 Å². The maximum absolute atomic E-state index is 13.7. The Kier molecular flexibility index (Phi) is 5.79. The molecule has 0 aliphatic carbocycles. The van der Waals surface area contributed by atoms with Crippen LogP contribution in [-0.4, -0.2) is 58.3 Å². The first-order valence-corrected chi connectivity index (χ1v) is 10.7. The van der Waals surface area contributed by atoms with Gasteiger partial charge in [-0.2, -0.15) is 23.4 Å². The fourth-order valence-corrected chi connectivity index (χ4v) is 3.78. The van der Waals surface area contributed by atoms with Gasteiger partial charge in [-0.05, 0) is 18.2 Å². The predicted octanol–water partition coefficient (Wildman–Crippen LogP) is 3.00. The van der Waals surface area contributed by atoms with Crippen LogP contribution in [0, 0.1) is 5.82 Å². The summed E-state index contributed by atoms with van der Waals surface area (Å²) in [4.78, 5) is 14.7. The van der Waals surface area contributed by atoms with Crippen molar-refractivity contribution in [3.05, 3.63) is 59.4 Å². The molecule has 2 aromatic heterocycles. The van der Waals surface area contributed by atoms with Crippen LogP contribution in [0.3, 0.4) is 0 Å². The molecule has 0 bridgehead atoms. The first kappa shape index (κ1) is 23.0. The number of amides is 1. The summed E-state index contributed by atoms with van der Waals surface area (Å²) in [5, 5.41) is 15.1. The molecule has 1 aromatic carbocycles. The Bertz CT molecular complexity index is 1250. The smallest absolute Gasteiger partial charge is 0.416 e. The molecular weight excluding hydrogens is 472 g/mol. The number of hydrogen-bond donors (Lipinski definition) is 1. The van der Waals surface area contributed by atoms with E-state index in [0.717, 1.165) is 12.1 Å². The minimum atomic E-state index is -4.69. The molecule has 0 unspecified atom stereocenters. The molecule has 0 radical (unpaired) electrons. The molecule has 13 heteroatoms. The Hall–Kier alpha value is -3.74. The zero-order valence-corrected chi connectivity index (χ0v) is 18.4. The van der Waals surface area contributed by atoms with Crippen LogP contribution in [0.5, 0.6) is 5.75 Å². The highest BCUT2D eigenvalue weighted by Crippen LogP contribution is 2.34. The molecule has 35 heavy (non-hydrogen) atoms. The molecular formula is C22H20F4N6O3. The number of rotatable bonds is 6. The Labute approximate surface area is 196 Å². The maximum atomic E-state index is 13.7. The minimum Gasteiger partial charge on any atom is -0.487 e. The molecule has 2 aliphatic heterocycles. The summed E-state index contributed by atoms with van der Waals surface area (Å²) in [7, 11) is 1.72. The monoisotopic (exact) mass is 492 g/mol. The second-order valence-electron chi connectivity index (χ2n) is 8.41.